The lowest BCUT2D eigenvalue weighted by atomic mass is 9.87. The highest BCUT2D eigenvalue weighted by Crippen LogP contribution is 2.32. The summed E-state index contributed by atoms with van der Waals surface area (Å²) in [6.07, 6.45) is 3.69. The third-order valence-electron chi connectivity index (χ3n) is 5.96. The van der Waals surface area contributed by atoms with E-state index in [2.05, 4.69) is 16.0 Å². The Bertz CT molecular complexity index is 889. The van der Waals surface area contributed by atoms with Crippen LogP contribution in [0.25, 0.3) is 0 Å². The second-order valence-electron chi connectivity index (χ2n) is 8.28. The third kappa shape index (κ3) is 3.71. The molecule has 152 valence electrons. The van der Waals surface area contributed by atoms with E-state index in [9.17, 15) is 9.59 Å². The molecule has 29 heavy (non-hydrogen) atoms. The number of aryl methyl sites for hydroxylation is 1. The number of carbonyl (C=O) groups excluding carboxylic acids is 2. The van der Waals surface area contributed by atoms with E-state index in [1.54, 1.807) is 24.9 Å². The number of piperazine rings is 1. The summed E-state index contributed by atoms with van der Waals surface area (Å²) in [5.74, 6) is 0.730. The van der Waals surface area contributed by atoms with E-state index in [0.29, 0.717) is 19.6 Å². The van der Waals surface area contributed by atoms with Gasteiger partial charge in [0.05, 0.1) is 0 Å². The van der Waals surface area contributed by atoms with Gasteiger partial charge in [0.1, 0.15) is 11.2 Å². The lowest BCUT2D eigenvalue weighted by Gasteiger charge is -2.40. The molecule has 0 spiro atoms. The van der Waals surface area contributed by atoms with Crippen LogP contribution in [0, 0.1) is 5.41 Å². The molecule has 0 unspecified atom stereocenters. The second kappa shape index (κ2) is 7.85. The highest BCUT2D eigenvalue weighted by Gasteiger charge is 2.43. The van der Waals surface area contributed by atoms with Crippen LogP contribution in [0.2, 0.25) is 0 Å². The van der Waals surface area contributed by atoms with E-state index in [-0.39, 0.29) is 11.8 Å². The number of hydrogen-bond donors (Lipinski definition) is 0. The fourth-order valence-corrected chi connectivity index (χ4v) is 4.25. The van der Waals surface area contributed by atoms with Crippen LogP contribution in [0.1, 0.15) is 25.8 Å². The molecule has 2 aliphatic rings. The van der Waals surface area contributed by atoms with E-state index in [1.165, 1.54) is 5.56 Å². The maximum atomic E-state index is 13.4. The van der Waals surface area contributed by atoms with Gasteiger partial charge in [0.15, 0.2) is 0 Å². The maximum absolute atomic E-state index is 13.4. The number of fused-ring (bicyclic) bond motifs is 1. The average molecular weight is 393 g/mol. The van der Waals surface area contributed by atoms with Gasteiger partial charge < -0.3 is 14.7 Å². The van der Waals surface area contributed by atoms with Gasteiger partial charge in [-0.3, -0.25) is 9.59 Å². The molecular formula is C23H28N4O2. The molecule has 6 nitrogen and oxygen atoms in total. The second-order valence-corrected chi connectivity index (χ2v) is 8.28. The fraction of sp³-hybridized carbons (Fsp3) is 0.435. The van der Waals surface area contributed by atoms with Crippen LogP contribution in [0.3, 0.4) is 0 Å². The van der Waals surface area contributed by atoms with E-state index in [1.807, 2.05) is 41.3 Å². The first-order chi connectivity index (χ1) is 14.0. The predicted molar refractivity (Wildman–Crippen MR) is 114 cm³/mol. The van der Waals surface area contributed by atoms with Gasteiger partial charge in [0, 0.05) is 44.6 Å². The first-order valence-corrected chi connectivity index (χ1v) is 10.3. The molecule has 2 aliphatic heterocycles. The summed E-state index contributed by atoms with van der Waals surface area (Å²) >= 11 is 0. The minimum Gasteiger partial charge on any atom is -0.353 e. The molecule has 4 rings (SSSR count). The molecule has 0 bridgehead atoms. The van der Waals surface area contributed by atoms with Crippen molar-refractivity contribution in [2.24, 2.45) is 5.41 Å². The first-order valence-electron chi connectivity index (χ1n) is 10.3. The van der Waals surface area contributed by atoms with Gasteiger partial charge in [-0.1, -0.05) is 24.3 Å². The van der Waals surface area contributed by atoms with Crippen LogP contribution in [-0.4, -0.2) is 54.4 Å². The topological polar surface area (TPSA) is 56.8 Å². The molecule has 2 aromatic rings. The molecule has 0 saturated carbocycles. The lowest BCUT2D eigenvalue weighted by Crippen LogP contribution is -2.56. The summed E-state index contributed by atoms with van der Waals surface area (Å²) in [5.41, 5.74) is 1.04. The highest BCUT2D eigenvalue weighted by atomic mass is 16.2. The highest BCUT2D eigenvalue weighted by molar-refractivity contribution is 6.11. The Kier molecular flexibility index (Phi) is 5.26. The Morgan fingerprint density at radius 3 is 2.34 bits per heavy atom. The normalized spacial score (nSPS) is 17.1. The fourth-order valence-electron chi connectivity index (χ4n) is 4.25. The van der Waals surface area contributed by atoms with Gasteiger partial charge in [-0.05, 0) is 50.5 Å². The van der Waals surface area contributed by atoms with Crippen LogP contribution in [-0.2, 0) is 16.0 Å². The first kappa shape index (κ1) is 19.4. The molecule has 1 saturated heterocycles. The van der Waals surface area contributed by atoms with Crippen LogP contribution in [0.5, 0.6) is 0 Å². The van der Waals surface area contributed by atoms with E-state index < -0.39 is 5.41 Å². The Balaban J connectivity index is 1.45. The third-order valence-corrected chi connectivity index (χ3v) is 5.96. The standard InChI is InChI=1S/C23H28N4O2/c1-23(2,22(29)27-13-7-9-18-8-3-4-10-19(18)27)21(28)26-16-14-25(15-17-26)20-11-5-6-12-24-20/h3-6,8,10-12H,7,9,13-17H2,1-2H3. The van der Waals surface area contributed by atoms with Crippen molar-refractivity contribution in [2.75, 3.05) is 42.5 Å². The predicted octanol–water partition coefficient (Wildman–Crippen LogP) is 2.74. The molecule has 3 heterocycles. The summed E-state index contributed by atoms with van der Waals surface area (Å²) in [5, 5.41) is 0. The van der Waals surface area contributed by atoms with Crippen molar-refractivity contribution < 1.29 is 9.59 Å². The van der Waals surface area contributed by atoms with Crippen molar-refractivity contribution in [3.8, 4) is 0 Å². The molecule has 0 radical (unpaired) electrons. The van der Waals surface area contributed by atoms with Crippen LogP contribution in [0.15, 0.2) is 48.7 Å². The number of nitrogens with zero attached hydrogens (tertiary/aromatic N) is 4. The summed E-state index contributed by atoms with van der Waals surface area (Å²) in [7, 11) is 0. The zero-order valence-electron chi connectivity index (χ0n) is 17.2. The number of anilines is 2. The monoisotopic (exact) mass is 392 g/mol. The van der Waals surface area contributed by atoms with E-state index >= 15 is 0 Å². The lowest BCUT2D eigenvalue weighted by molar-refractivity contribution is -0.147. The Hall–Kier alpha value is -2.89. The van der Waals surface area contributed by atoms with Crippen molar-refractivity contribution in [1.82, 2.24) is 9.88 Å². The van der Waals surface area contributed by atoms with Gasteiger partial charge in [0.25, 0.3) is 0 Å². The SMILES string of the molecule is CC(C)(C(=O)N1CCN(c2ccccn2)CC1)C(=O)N1CCCc2ccccc21. The van der Waals surface area contributed by atoms with Crippen LogP contribution in [0.4, 0.5) is 11.5 Å². The zero-order chi connectivity index (χ0) is 20.4. The molecule has 1 aromatic heterocycles. The Labute approximate surface area is 172 Å². The average Bonchev–Trinajstić information content (AvgIpc) is 2.78. The number of benzene rings is 1. The molecule has 1 fully saturated rings. The number of amides is 2. The number of hydrogen-bond acceptors (Lipinski definition) is 4. The van der Waals surface area contributed by atoms with Gasteiger partial charge in [0.2, 0.25) is 11.8 Å². The number of pyridine rings is 1. The largest absolute Gasteiger partial charge is 0.353 e. The van der Waals surface area contributed by atoms with E-state index in [4.69, 9.17) is 0 Å². The van der Waals surface area contributed by atoms with Crippen molar-refractivity contribution in [3.63, 3.8) is 0 Å². The Morgan fingerprint density at radius 1 is 0.897 bits per heavy atom. The molecule has 0 atom stereocenters. The van der Waals surface area contributed by atoms with Crippen LogP contribution < -0.4 is 9.80 Å². The zero-order valence-corrected chi connectivity index (χ0v) is 17.2. The van der Waals surface area contributed by atoms with Gasteiger partial charge in [-0.25, -0.2) is 4.98 Å². The number of rotatable bonds is 3. The number of aromatic nitrogens is 1. The van der Waals surface area contributed by atoms with Gasteiger partial charge >= 0.3 is 0 Å². The molecule has 0 aliphatic carbocycles. The minimum absolute atomic E-state index is 0.0915. The van der Waals surface area contributed by atoms with Crippen LogP contribution >= 0.6 is 0 Å². The van der Waals surface area contributed by atoms with Gasteiger partial charge in [-0.15, -0.1) is 0 Å². The summed E-state index contributed by atoms with van der Waals surface area (Å²) in [4.78, 5) is 36.9. The quantitative estimate of drug-likeness (QED) is 0.754. The van der Waals surface area contributed by atoms with E-state index in [0.717, 1.165) is 37.4 Å². The maximum Gasteiger partial charge on any atom is 0.242 e. The van der Waals surface area contributed by atoms with Crippen molar-refractivity contribution in [1.29, 1.82) is 0 Å². The summed E-state index contributed by atoms with van der Waals surface area (Å²) in [6, 6.07) is 13.9. The number of para-hydroxylation sites is 1. The molecule has 0 N–H and O–H groups in total. The van der Waals surface area contributed by atoms with Crippen molar-refractivity contribution in [3.05, 3.63) is 54.2 Å². The van der Waals surface area contributed by atoms with Crippen molar-refractivity contribution in [2.45, 2.75) is 26.7 Å². The number of carbonyl (C=O) groups is 2. The minimum atomic E-state index is -1.09. The smallest absolute Gasteiger partial charge is 0.242 e. The molecule has 1 aromatic carbocycles. The van der Waals surface area contributed by atoms with Gasteiger partial charge in [-0.2, -0.15) is 0 Å². The Morgan fingerprint density at radius 2 is 1.62 bits per heavy atom. The van der Waals surface area contributed by atoms with Crippen molar-refractivity contribution >= 4 is 23.3 Å². The molecular weight excluding hydrogens is 364 g/mol. The summed E-state index contributed by atoms with van der Waals surface area (Å²) in [6.45, 7) is 6.84. The molecule has 2 amide bonds. The summed E-state index contributed by atoms with van der Waals surface area (Å²) < 4.78 is 0. The molecule has 6 heteroatoms.